The molecule has 0 saturated carbocycles. The van der Waals surface area contributed by atoms with Crippen molar-refractivity contribution >= 4 is 29.1 Å². The van der Waals surface area contributed by atoms with Gasteiger partial charge in [0.15, 0.2) is 0 Å². The molecule has 1 amide bonds. The van der Waals surface area contributed by atoms with Crippen molar-refractivity contribution in [3.05, 3.63) is 92.3 Å². The van der Waals surface area contributed by atoms with Gasteiger partial charge >= 0.3 is 0 Å². The molecule has 3 aromatic rings. The van der Waals surface area contributed by atoms with Crippen molar-refractivity contribution in [3.63, 3.8) is 0 Å². The number of hydrogen-bond acceptors (Lipinski definition) is 4. The summed E-state index contributed by atoms with van der Waals surface area (Å²) < 4.78 is 6.80. The lowest BCUT2D eigenvalue weighted by atomic mass is 10.2. The third-order valence-corrected chi connectivity index (χ3v) is 5.26. The zero-order valence-corrected chi connectivity index (χ0v) is 17.9. The normalized spacial score (nSPS) is 10.6. The number of carbonyl (C=O) groups excluding carboxylic acids is 1. The van der Waals surface area contributed by atoms with Crippen LogP contribution in [-0.2, 0) is 24.5 Å². The van der Waals surface area contributed by atoms with Gasteiger partial charge in [-0.25, -0.2) is 4.68 Å². The minimum absolute atomic E-state index is 0.0623. The van der Waals surface area contributed by atoms with Crippen LogP contribution in [0.2, 0.25) is 10.0 Å². The Balaban J connectivity index is 1.60. The molecule has 0 aliphatic carbocycles. The van der Waals surface area contributed by atoms with E-state index < -0.39 is 5.56 Å². The highest BCUT2D eigenvalue weighted by molar-refractivity contribution is 6.41. The second-order valence-corrected chi connectivity index (χ2v) is 7.38. The van der Waals surface area contributed by atoms with Gasteiger partial charge in [0.2, 0.25) is 5.91 Å². The van der Waals surface area contributed by atoms with Crippen LogP contribution in [0.3, 0.4) is 0 Å². The maximum Gasteiger partial charge on any atom is 0.287 e. The maximum atomic E-state index is 12.6. The highest BCUT2D eigenvalue weighted by Gasteiger charge is 2.16. The van der Waals surface area contributed by atoms with Crippen LogP contribution in [0.4, 0.5) is 0 Å². The molecule has 0 aliphatic heterocycles. The number of aromatic nitrogens is 2. The Kier molecular flexibility index (Phi) is 7.49. The number of amides is 1. The van der Waals surface area contributed by atoms with Gasteiger partial charge in [0, 0.05) is 13.1 Å². The molecular formula is C22H21Cl2N3O3. The van der Waals surface area contributed by atoms with E-state index in [2.05, 4.69) is 5.10 Å². The van der Waals surface area contributed by atoms with E-state index in [1.54, 1.807) is 4.90 Å². The first kappa shape index (κ1) is 21.9. The highest BCUT2D eigenvalue weighted by Crippen LogP contribution is 2.16. The number of nitrogens with zero attached hydrogens (tertiary/aromatic N) is 3. The third kappa shape index (κ3) is 5.62. The lowest BCUT2D eigenvalue weighted by molar-refractivity contribution is -0.132. The number of rotatable bonds is 8. The second kappa shape index (κ2) is 10.3. The lowest BCUT2D eigenvalue weighted by Gasteiger charge is -2.21. The van der Waals surface area contributed by atoms with Crippen molar-refractivity contribution in [2.45, 2.75) is 26.6 Å². The highest BCUT2D eigenvalue weighted by atomic mass is 35.5. The molecule has 3 rings (SSSR count). The zero-order chi connectivity index (χ0) is 21.5. The van der Waals surface area contributed by atoms with Crippen LogP contribution in [0.5, 0.6) is 5.75 Å². The molecule has 0 N–H and O–H groups in total. The molecule has 1 aromatic heterocycles. The fourth-order valence-electron chi connectivity index (χ4n) is 2.81. The molecule has 30 heavy (non-hydrogen) atoms. The van der Waals surface area contributed by atoms with Crippen LogP contribution in [0.1, 0.15) is 18.1 Å². The summed E-state index contributed by atoms with van der Waals surface area (Å²) in [5, 5.41) is 3.80. The van der Waals surface area contributed by atoms with Gasteiger partial charge in [0.05, 0.1) is 11.2 Å². The fraction of sp³-hybridized carbons (Fsp3) is 0.227. The van der Waals surface area contributed by atoms with E-state index in [-0.39, 0.29) is 22.5 Å². The predicted molar refractivity (Wildman–Crippen MR) is 117 cm³/mol. The Morgan fingerprint density at radius 1 is 1.07 bits per heavy atom. The van der Waals surface area contributed by atoms with E-state index in [9.17, 15) is 9.59 Å². The summed E-state index contributed by atoms with van der Waals surface area (Å²) in [6.45, 7) is 3.05. The topological polar surface area (TPSA) is 64.4 Å². The van der Waals surface area contributed by atoms with E-state index in [0.717, 1.165) is 21.6 Å². The number of benzene rings is 2. The molecule has 0 atom stereocenters. The Morgan fingerprint density at radius 2 is 1.77 bits per heavy atom. The van der Waals surface area contributed by atoms with Crippen LogP contribution in [0.25, 0.3) is 0 Å². The molecule has 0 fully saturated rings. The molecule has 156 valence electrons. The monoisotopic (exact) mass is 445 g/mol. The first-order valence-electron chi connectivity index (χ1n) is 9.42. The van der Waals surface area contributed by atoms with Crippen LogP contribution >= 0.6 is 23.2 Å². The van der Waals surface area contributed by atoms with Crippen LogP contribution < -0.4 is 10.3 Å². The predicted octanol–water partition coefficient (Wildman–Crippen LogP) is 4.18. The van der Waals surface area contributed by atoms with Gasteiger partial charge in [0.25, 0.3) is 5.56 Å². The fourth-order valence-corrected chi connectivity index (χ4v) is 3.09. The molecule has 1 heterocycles. The first-order valence-corrected chi connectivity index (χ1v) is 10.2. The maximum absolute atomic E-state index is 12.6. The number of carbonyl (C=O) groups is 1. The van der Waals surface area contributed by atoms with E-state index in [0.29, 0.717) is 19.7 Å². The summed E-state index contributed by atoms with van der Waals surface area (Å²) in [4.78, 5) is 26.4. The molecule has 0 bridgehead atoms. The molecular weight excluding hydrogens is 425 g/mol. The van der Waals surface area contributed by atoms with Crippen molar-refractivity contribution < 1.29 is 9.53 Å². The van der Waals surface area contributed by atoms with E-state index in [4.69, 9.17) is 27.9 Å². The lowest BCUT2D eigenvalue weighted by Crippen LogP contribution is -2.37. The van der Waals surface area contributed by atoms with Crippen LogP contribution in [-0.4, -0.2) is 27.1 Å². The van der Waals surface area contributed by atoms with Crippen molar-refractivity contribution in [1.29, 1.82) is 0 Å². The SMILES string of the molecule is CCN(Cc1ccc(OCc2ccccc2)cc1)C(=O)Cn1ncc(Cl)c(Cl)c1=O. The third-order valence-electron chi connectivity index (χ3n) is 4.51. The van der Waals surface area contributed by atoms with E-state index in [1.807, 2.05) is 61.5 Å². The van der Waals surface area contributed by atoms with Crippen molar-refractivity contribution in [1.82, 2.24) is 14.7 Å². The van der Waals surface area contributed by atoms with Crippen molar-refractivity contribution in [2.24, 2.45) is 0 Å². The van der Waals surface area contributed by atoms with Crippen LogP contribution in [0, 0.1) is 0 Å². The minimum Gasteiger partial charge on any atom is -0.489 e. The summed E-state index contributed by atoms with van der Waals surface area (Å²) in [5.74, 6) is 0.512. The van der Waals surface area contributed by atoms with Crippen molar-refractivity contribution in [2.75, 3.05) is 6.54 Å². The summed E-state index contributed by atoms with van der Waals surface area (Å²) in [5.41, 5.74) is 1.45. The summed E-state index contributed by atoms with van der Waals surface area (Å²) in [7, 11) is 0. The zero-order valence-electron chi connectivity index (χ0n) is 16.4. The van der Waals surface area contributed by atoms with E-state index >= 15 is 0 Å². The van der Waals surface area contributed by atoms with Gasteiger partial charge in [-0.2, -0.15) is 5.10 Å². The number of likely N-dealkylation sites (N-methyl/N-ethyl adjacent to an activating group) is 1. The average Bonchev–Trinajstić information content (AvgIpc) is 2.78. The van der Waals surface area contributed by atoms with Gasteiger partial charge in [-0.15, -0.1) is 0 Å². The summed E-state index contributed by atoms with van der Waals surface area (Å²) >= 11 is 11.6. The summed E-state index contributed by atoms with van der Waals surface area (Å²) in [6, 6.07) is 17.5. The quantitative estimate of drug-likeness (QED) is 0.521. The largest absolute Gasteiger partial charge is 0.489 e. The number of hydrogen-bond donors (Lipinski definition) is 0. The molecule has 2 aromatic carbocycles. The molecule has 0 saturated heterocycles. The van der Waals surface area contributed by atoms with Gasteiger partial charge in [-0.1, -0.05) is 65.7 Å². The average molecular weight is 446 g/mol. The number of ether oxygens (including phenoxy) is 1. The smallest absolute Gasteiger partial charge is 0.287 e. The van der Waals surface area contributed by atoms with E-state index in [1.165, 1.54) is 6.20 Å². The molecule has 0 radical (unpaired) electrons. The first-order chi connectivity index (χ1) is 14.5. The Bertz CT molecular complexity index is 1050. The molecule has 0 spiro atoms. The summed E-state index contributed by atoms with van der Waals surface area (Å²) in [6.07, 6.45) is 1.25. The van der Waals surface area contributed by atoms with Gasteiger partial charge in [-0.3, -0.25) is 9.59 Å². The van der Waals surface area contributed by atoms with Gasteiger partial charge < -0.3 is 9.64 Å². The van der Waals surface area contributed by atoms with Gasteiger partial charge in [0.1, 0.15) is 23.9 Å². The Hall–Kier alpha value is -2.83. The molecule has 0 unspecified atom stereocenters. The molecule has 6 nitrogen and oxygen atoms in total. The Morgan fingerprint density at radius 3 is 2.43 bits per heavy atom. The van der Waals surface area contributed by atoms with Gasteiger partial charge in [-0.05, 0) is 30.2 Å². The number of halogens is 2. The Labute approximate surface area is 184 Å². The molecule has 0 aliphatic rings. The van der Waals surface area contributed by atoms with Crippen molar-refractivity contribution in [3.8, 4) is 5.75 Å². The second-order valence-electron chi connectivity index (χ2n) is 6.60. The van der Waals surface area contributed by atoms with Crippen LogP contribution in [0.15, 0.2) is 65.6 Å². The standard InChI is InChI=1S/C22H21Cl2N3O3/c1-2-26(20(28)14-27-22(29)21(24)19(23)12-25-27)13-16-8-10-18(11-9-16)30-15-17-6-4-3-5-7-17/h3-12H,2,13-15H2,1H3. The minimum atomic E-state index is -0.589. The molecule has 8 heteroatoms.